The number of aromatic nitrogens is 1. The van der Waals surface area contributed by atoms with Crippen LogP contribution in [0.15, 0.2) is 16.6 Å². The fraction of sp³-hybridized carbons (Fsp3) is 0.500. The van der Waals surface area contributed by atoms with Crippen molar-refractivity contribution in [2.24, 2.45) is 18.0 Å². The van der Waals surface area contributed by atoms with Gasteiger partial charge in [-0.1, -0.05) is 0 Å². The molecule has 7 heteroatoms. The van der Waals surface area contributed by atoms with Crippen LogP contribution in [0.5, 0.6) is 0 Å². The average molecular weight is 227 g/mol. The van der Waals surface area contributed by atoms with E-state index in [2.05, 4.69) is 4.99 Å². The molecule has 2 atom stereocenters. The molecule has 80 valence electrons. The van der Waals surface area contributed by atoms with Crippen molar-refractivity contribution in [3.63, 3.8) is 0 Å². The predicted octanol–water partition coefficient (Wildman–Crippen LogP) is 0.179. The largest absolute Gasteiger partial charge is 0.327 e. The lowest BCUT2D eigenvalue weighted by atomic mass is 10.4. The van der Waals surface area contributed by atoms with Crippen LogP contribution in [-0.4, -0.2) is 21.4 Å². The first-order chi connectivity index (χ1) is 7.09. The van der Waals surface area contributed by atoms with Gasteiger partial charge in [0.1, 0.15) is 5.92 Å². The van der Waals surface area contributed by atoms with Gasteiger partial charge in [0, 0.05) is 30.0 Å². The van der Waals surface area contributed by atoms with Gasteiger partial charge in [-0.05, 0) is 0 Å². The van der Waals surface area contributed by atoms with Gasteiger partial charge < -0.3 is 4.57 Å². The summed E-state index contributed by atoms with van der Waals surface area (Å²) in [5.41, 5.74) is 0. The summed E-state index contributed by atoms with van der Waals surface area (Å²) in [6, 6.07) is -0.716. The third-order valence-corrected chi connectivity index (χ3v) is 3.16. The quantitative estimate of drug-likeness (QED) is 0.534. The summed E-state index contributed by atoms with van der Waals surface area (Å²) in [4.78, 5) is 25.8. The molecule has 1 aromatic rings. The van der Waals surface area contributed by atoms with E-state index in [0.29, 0.717) is 11.2 Å². The molecule has 2 rings (SSSR count). The summed E-state index contributed by atoms with van der Waals surface area (Å²) in [6.07, 6.45) is 2.11. The standard InChI is InChI=1S/C8H9N3O3S/c1-10-2-3-15-8(10)9-7(12)5-4-6(5)11(13)14/h2-3,5-6H,4H2,1H3. The monoisotopic (exact) mass is 227 g/mol. The molecule has 2 unspecified atom stereocenters. The topological polar surface area (TPSA) is 77.5 Å². The highest BCUT2D eigenvalue weighted by atomic mass is 32.1. The molecule has 0 bridgehead atoms. The fourth-order valence-corrected chi connectivity index (χ4v) is 2.03. The third kappa shape index (κ3) is 1.96. The molecule has 1 aliphatic rings. The zero-order valence-electron chi connectivity index (χ0n) is 7.99. The van der Waals surface area contributed by atoms with E-state index in [-0.39, 0.29) is 5.91 Å². The van der Waals surface area contributed by atoms with E-state index in [4.69, 9.17) is 0 Å². The number of thiazole rings is 1. The van der Waals surface area contributed by atoms with Crippen molar-refractivity contribution in [3.05, 3.63) is 26.5 Å². The smallest absolute Gasteiger partial charge is 0.258 e. The Morgan fingerprint density at radius 3 is 3.00 bits per heavy atom. The molecule has 1 aromatic heterocycles. The number of rotatable bonds is 2. The second-order valence-corrected chi connectivity index (χ2v) is 4.31. The Bertz CT molecular complexity index is 475. The maximum atomic E-state index is 11.5. The third-order valence-electron chi connectivity index (χ3n) is 2.31. The van der Waals surface area contributed by atoms with Gasteiger partial charge >= 0.3 is 0 Å². The molecule has 0 spiro atoms. The number of carbonyl (C=O) groups is 1. The van der Waals surface area contributed by atoms with Gasteiger partial charge in [-0.15, -0.1) is 11.3 Å². The molecular weight excluding hydrogens is 218 g/mol. The van der Waals surface area contributed by atoms with Gasteiger partial charge in [0.25, 0.3) is 5.91 Å². The van der Waals surface area contributed by atoms with E-state index in [1.54, 1.807) is 17.8 Å². The molecule has 1 fully saturated rings. The number of amides is 1. The Morgan fingerprint density at radius 2 is 2.53 bits per heavy atom. The summed E-state index contributed by atoms with van der Waals surface area (Å²) in [7, 11) is 1.78. The Hall–Kier alpha value is -1.50. The summed E-state index contributed by atoms with van der Waals surface area (Å²) in [5.74, 6) is -0.892. The minimum atomic E-state index is -0.716. The van der Waals surface area contributed by atoms with Crippen LogP contribution in [0, 0.1) is 16.0 Å². The number of nitro groups is 1. The minimum absolute atomic E-state index is 0.324. The second kappa shape index (κ2) is 3.58. The number of hydrogen-bond acceptors (Lipinski definition) is 4. The van der Waals surface area contributed by atoms with Gasteiger partial charge in [-0.3, -0.25) is 14.9 Å². The van der Waals surface area contributed by atoms with Crippen LogP contribution in [0.3, 0.4) is 0 Å². The highest BCUT2D eigenvalue weighted by Gasteiger charge is 2.53. The highest BCUT2D eigenvalue weighted by Crippen LogP contribution is 2.33. The van der Waals surface area contributed by atoms with Crippen LogP contribution in [-0.2, 0) is 11.8 Å². The van der Waals surface area contributed by atoms with Crippen LogP contribution in [0.2, 0.25) is 0 Å². The summed E-state index contributed by atoms with van der Waals surface area (Å²) in [6.45, 7) is 0. The molecule has 0 aromatic carbocycles. The molecule has 0 aliphatic heterocycles. The lowest BCUT2D eigenvalue weighted by Gasteiger charge is -1.90. The van der Waals surface area contributed by atoms with E-state index in [9.17, 15) is 14.9 Å². The van der Waals surface area contributed by atoms with Gasteiger partial charge in [0.2, 0.25) is 6.04 Å². The van der Waals surface area contributed by atoms with Crippen molar-refractivity contribution in [1.82, 2.24) is 4.57 Å². The summed E-state index contributed by atoms with van der Waals surface area (Å²) < 4.78 is 1.71. The molecule has 0 radical (unpaired) electrons. The summed E-state index contributed by atoms with van der Waals surface area (Å²) >= 11 is 1.34. The van der Waals surface area contributed by atoms with Crippen LogP contribution in [0.25, 0.3) is 0 Å². The molecule has 1 saturated carbocycles. The number of hydrogen-bond donors (Lipinski definition) is 0. The lowest BCUT2D eigenvalue weighted by Crippen LogP contribution is -2.15. The van der Waals surface area contributed by atoms with E-state index >= 15 is 0 Å². The van der Waals surface area contributed by atoms with E-state index in [1.807, 2.05) is 5.38 Å². The van der Waals surface area contributed by atoms with Crippen LogP contribution in [0.4, 0.5) is 0 Å². The number of aryl methyl sites for hydroxylation is 1. The van der Waals surface area contributed by atoms with Crippen molar-refractivity contribution in [2.75, 3.05) is 0 Å². The summed E-state index contributed by atoms with van der Waals surface area (Å²) in [5, 5.41) is 12.2. The van der Waals surface area contributed by atoms with Crippen molar-refractivity contribution >= 4 is 17.2 Å². The first-order valence-electron chi connectivity index (χ1n) is 4.42. The molecule has 1 aliphatic carbocycles. The zero-order chi connectivity index (χ0) is 11.0. The average Bonchev–Trinajstić information content (AvgIpc) is 2.88. The molecular formula is C8H9N3O3S. The van der Waals surface area contributed by atoms with Crippen molar-refractivity contribution in [3.8, 4) is 0 Å². The minimum Gasteiger partial charge on any atom is -0.327 e. The molecule has 15 heavy (non-hydrogen) atoms. The van der Waals surface area contributed by atoms with Crippen LogP contribution >= 0.6 is 11.3 Å². The Kier molecular flexibility index (Phi) is 2.39. The molecule has 1 amide bonds. The van der Waals surface area contributed by atoms with Gasteiger partial charge in [-0.2, -0.15) is 4.99 Å². The first-order valence-corrected chi connectivity index (χ1v) is 5.30. The van der Waals surface area contributed by atoms with Gasteiger partial charge in [0.15, 0.2) is 4.80 Å². The molecule has 0 N–H and O–H groups in total. The van der Waals surface area contributed by atoms with Crippen molar-refractivity contribution in [1.29, 1.82) is 0 Å². The lowest BCUT2D eigenvalue weighted by molar-refractivity contribution is -0.497. The maximum Gasteiger partial charge on any atom is 0.258 e. The van der Waals surface area contributed by atoms with Crippen LogP contribution in [0.1, 0.15) is 6.42 Å². The Labute approximate surface area is 89.0 Å². The number of nitrogens with zero attached hydrogens (tertiary/aromatic N) is 3. The molecule has 6 nitrogen and oxygen atoms in total. The van der Waals surface area contributed by atoms with Crippen LogP contribution < -0.4 is 4.80 Å². The SMILES string of the molecule is Cn1ccsc1=NC(=O)C1CC1[N+](=O)[O-]. The predicted molar refractivity (Wildman–Crippen MR) is 52.7 cm³/mol. The zero-order valence-corrected chi connectivity index (χ0v) is 8.81. The van der Waals surface area contributed by atoms with E-state index in [0.717, 1.165) is 0 Å². The normalized spacial score (nSPS) is 25.3. The van der Waals surface area contributed by atoms with Crippen molar-refractivity contribution in [2.45, 2.75) is 12.5 Å². The van der Waals surface area contributed by atoms with E-state index in [1.165, 1.54) is 11.3 Å². The fourth-order valence-electron chi connectivity index (χ4n) is 1.29. The van der Waals surface area contributed by atoms with Gasteiger partial charge in [-0.25, -0.2) is 0 Å². The Balaban J connectivity index is 2.13. The Morgan fingerprint density at radius 1 is 1.80 bits per heavy atom. The van der Waals surface area contributed by atoms with Gasteiger partial charge in [0.05, 0.1) is 0 Å². The molecule has 0 saturated heterocycles. The maximum absolute atomic E-state index is 11.5. The highest BCUT2D eigenvalue weighted by molar-refractivity contribution is 7.07. The second-order valence-electron chi connectivity index (χ2n) is 3.44. The van der Waals surface area contributed by atoms with E-state index < -0.39 is 16.9 Å². The first kappa shape index (κ1) is 10.0. The number of carbonyl (C=O) groups excluding carboxylic acids is 1. The van der Waals surface area contributed by atoms with Crippen molar-refractivity contribution < 1.29 is 9.72 Å². The molecule has 1 heterocycles.